The fraction of sp³-hybridized carbons (Fsp3) is 0.444. The summed E-state index contributed by atoms with van der Waals surface area (Å²) in [6.07, 6.45) is 1.71. The molecule has 0 bridgehead atoms. The van der Waals surface area contributed by atoms with Crippen LogP contribution in [0, 0.1) is 11.6 Å². The Bertz CT molecular complexity index is 1150. The van der Waals surface area contributed by atoms with Crippen LogP contribution >= 0.6 is 11.8 Å². The lowest BCUT2D eigenvalue weighted by molar-refractivity contribution is -0.187. The zero-order valence-corrected chi connectivity index (χ0v) is 22.8. The number of likely N-dealkylation sites (N-methyl/N-ethyl adjacent to an activating group) is 1. The molecule has 2 heterocycles. The Hall–Kier alpha value is -3.22. The normalized spacial score (nSPS) is 19.8. The molecule has 0 radical (unpaired) electrons. The summed E-state index contributed by atoms with van der Waals surface area (Å²) in [6, 6.07) is 10.7. The first-order chi connectivity index (χ1) is 18.8. The van der Waals surface area contributed by atoms with E-state index in [1.807, 2.05) is 6.26 Å². The molecule has 4 amide bonds. The van der Waals surface area contributed by atoms with Crippen LogP contribution in [-0.4, -0.2) is 95.2 Å². The van der Waals surface area contributed by atoms with Crippen LogP contribution in [0.3, 0.4) is 0 Å². The maximum atomic E-state index is 13.5. The van der Waals surface area contributed by atoms with Gasteiger partial charge in [0.2, 0.25) is 11.8 Å². The van der Waals surface area contributed by atoms with E-state index < -0.39 is 18.2 Å². The number of piperazine rings is 1. The van der Waals surface area contributed by atoms with E-state index in [1.54, 1.807) is 57.9 Å². The molecule has 2 atom stereocenters. The molecule has 12 heteroatoms. The van der Waals surface area contributed by atoms with Gasteiger partial charge in [0.25, 0.3) is 0 Å². The Labute approximate surface area is 231 Å². The lowest BCUT2D eigenvalue weighted by atomic mass is 10.0. The number of hydrazine groups is 1. The number of fused-ring (bicyclic) bond motifs is 1. The molecule has 39 heavy (non-hydrogen) atoms. The number of benzene rings is 2. The fourth-order valence-corrected chi connectivity index (χ4v) is 5.28. The molecular weight excluding hydrogens is 528 g/mol. The Kier molecular flexibility index (Phi) is 9.76. The van der Waals surface area contributed by atoms with Gasteiger partial charge >= 0.3 is 6.03 Å². The molecular formula is C27H33F2N5O4S. The number of urea groups is 1. The maximum Gasteiger partial charge on any atom is 0.334 e. The van der Waals surface area contributed by atoms with E-state index in [4.69, 9.17) is 4.74 Å². The van der Waals surface area contributed by atoms with E-state index in [0.717, 1.165) is 11.1 Å². The molecule has 2 aliphatic heterocycles. The van der Waals surface area contributed by atoms with Crippen molar-refractivity contribution < 1.29 is 27.9 Å². The number of carbonyl (C=O) groups excluding carboxylic acids is 3. The first kappa shape index (κ1) is 28.8. The molecule has 9 nitrogen and oxygen atoms in total. The van der Waals surface area contributed by atoms with E-state index in [2.05, 4.69) is 5.32 Å². The molecule has 0 saturated carbocycles. The second-order valence-electron chi connectivity index (χ2n) is 9.49. The molecule has 2 aromatic carbocycles. The Balaban J connectivity index is 1.46. The van der Waals surface area contributed by atoms with Crippen LogP contribution in [0.1, 0.15) is 17.5 Å². The van der Waals surface area contributed by atoms with E-state index in [1.165, 1.54) is 29.3 Å². The number of ether oxygens (including phenoxy) is 1. The van der Waals surface area contributed by atoms with Crippen LogP contribution in [0.5, 0.6) is 0 Å². The highest BCUT2D eigenvalue weighted by molar-refractivity contribution is 7.98. The Morgan fingerprint density at radius 2 is 1.69 bits per heavy atom. The number of thioether (sulfide) groups is 1. The standard InChI is InChI=1S/C27H33F2N5O4S/c1-31-17-25(35)33-23(11-14-39-2)26(36)32(12-13-38-18-20-5-9-22(29)10-6-20)16-24(33)34(31)27(37)30-15-19-3-7-21(28)8-4-19/h3-10,23-24H,11-18H2,1-2H3,(H,30,37)/t23-,24?/m0/s1. The molecule has 0 aromatic heterocycles. The summed E-state index contributed by atoms with van der Waals surface area (Å²) in [7, 11) is 1.66. The average Bonchev–Trinajstić information content (AvgIpc) is 2.91. The third-order valence-corrected chi connectivity index (χ3v) is 7.43. The van der Waals surface area contributed by atoms with Gasteiger partial charge in [-0.05, 0) is 53.8 Å². The lowest BCUT2D eigenvalue weighted by Crippen LogP contribution is -2.76. The minimum Gasteiger partial charge on any atom is -0.375 e. The molecule has 2 aliphatic rings. The van der Waals surface area contributed by atoms with Crippen molar-refractivity contribution in [2.45, 2.75) is 31.8 Å². The highest BCUT2D eigenvalue weighted by Gasteiger charge is 2.50. The van der Waals surface area contributed by atoms with Crippen molar-refractivity contribution >= 4 is 29.6 Å². The van der Waals surface area contributed by atoms with Gasteiger partial charge in [-0.3, -0.25) is 9.59 Å². The van der Waals surface area contributed by atoms with E-state index >= 15 is 0 Å². The van der Waals surface area contributed by atoms with E-state index in [9.17, 15) is 23.2 Å². The molecule has 2 fully saturated rings. The number of hydrogen-bond donors (Lipinski definition) is 1. The van der Waals surface area contributed by atoms with Crippen LogP contribution in [0.15, 0.2) is 48.5 Å². The van der Waals surface area contributed by atoms with Crippen molar-refractivity contribution in [3.05, 3.63) is 71.3 Å². The van der Waals surface area contributed by atoms with E-state index in [0.29, 0.717) is 12.2 Å². The first-order valence-corrected chi connectivity index (χ1v) is 14.1. The molecule has 4 rings (SSSR count). The Morgan fingerprint density at radius 3 is 2.33 bits per heavy atom. The molecule has 0 aliphatic carbocycles. The van der Waals surface area contributed by atoms with Gasteiger partial charge in [0, 0.05) is 20.1 Å². The summed E-state index contributed by atoms with van der Waals surface area (Å²) in [6.45, 7) is 1.07. The summed E-state index contributed by atoms with van der Waals surface area (Å²) in [5, 5.41) is 5.90. The summed E-state index contributed by atoms with van der Waals surface area (Å²) in [5.74, 6) is -0.391. The van der Waals surface area contributed by atoms with Gasteiger partial charge in [0.1, 0.15) is 23.8 Å². The van der Waals surface area contributed by atoms with Crippen molar-refractivity contribution in [1.29, 1.82) is 0 Å². The Morgan fingerprint density at radius 1 is 1.05 bits per heavy atom. The number of hydrogen-bond acceptors (Lipinski definition) is 6. The number of amides is 4. The monoisotopic (exact) mass is 561 g/mol. The topological polar surface area (TPSA) is 85.4 Å². The minimum absolute atomic E-state index is 0.0374. The molecule has 2 aromatic rings. The molecule has 1 unspecified atom stereocenters. The second-order valence-corrected chi connectivity index (χ2v) is 10.5. The van der Waals surface area contributed by atoms with Crippen molar-refractivity contribution in [2.24, 2.45) is 0 Å². The van der Waals surface area contributed by atoms with Gasteiger partial charge in [0.05, 0.1) is 26.3 Å². The van der Waals surface area contributed by atoms with Crippen molar-refractivity contribution in [1.82, 2.24) is 25.1 Å². The van der Waals surface area contributed by atoms with Crippen LogP contribution in [0.2, 0.25) is 0 Å². The largest absolute Gasteiger partial charge is 0.375 e. The highest BCUT2D eigenvalue weighted by atomic mass is 32.2. The molecule has 2 saturated heterocycles. The van der Waals surface area contributed by atoms with E-state index in [-0.39, 0.29) is 62.8 Å². The number of nitrogens with one attached hydrogen (secondary N) is 1. The molecule has 210 valence electrons. The average molecular weight is 562 g/mol. The summed E-state index contributed by atoms with van der Waals surface area (Å²) in [5.41, 5.74) is 1.54. The zero-order valence-electron chi connectivity index (χ0n) is 22.0. The first-order valence-electron chi connectivity index (χ1n) is 12.7. The summed E-state index contributed by atoms with van der Waals surface area (Å²) < 4.78 is 32.2. The molecule has 0 spiro atoms. The van der Waals surface area contributed by atoms with Crippen molar-refractivity contribution in [2.75, 3.05) is 45.3 Å². The van der Waals surface area contributed by atoms with Crippen LogP contribution < -0.4 is 5.32 Å². The number of nitrogens with zero attached hydrogens (tertiary/aromatic N) is 4. The third-order valence-electron chi connectivity index (χ3n) is 6.79. The SMILES string of the molecule is CSCC[C@H]1C(=O)N(CCOCc2ccc(F)cc2)CC2N1C(=O)CN(C)N2C(=O)NCc1ccc(F)cc1. The van der Waals surface area contributed by atoms with Gasteiger partial charge < -0.3 is 19.9 Å². The minimum atomic E-state index is -0.693. The van der Waals surface area contributed by atoms with Gasteiger partial charge in [0.15, 0.2) is 0 Å². The predicted octanol–water partition coefficient (Wildman–Crippen LogP) is 2.67. The van der Waals surface area contributed by atoms with Gasteiger partial charge in [-0.25, -0.2) is 23.6 Å². The zero-order chi connectivity index (χ0) is 27.9. The van der Waals surface area contributed by atoms with Crippen LogP contribution in [0.4, 0.5) is 13.6 Å². The van der Waals surface area contributed by atoms with Gasteiger partial charge in [-0.2, -0.15) is 11.8 Å². The molecule has 1 N–H and O–H groups in total. The lowest BCUT2D eigenvalue weighted by Gasteiger charge is -2.54. The fourth-order valence-electron chi connectivity index (χ4n) is 4.82. The van der Waals surface area contributed by atoms with Crippen molar-refractivity contribution in [3.63, 3.8) is 0 Å². The van der Waals surface area contributed by atoms with Crippen LogP contribution in [-0.2, 0) is 27.5 Å². The quantitative estimate of drug-likeness (QED) is 0.449. The highest BCUT2D eigenvalue weighted by Crippen LogP contribution is 2.28. The van der Waals surface area contributed by atoms with Crippen molar-refractivity contribution in [3.8, 4) is 0 Å². The number of halogens is 2. The van der Waals surface area contributed by atoms with Gasteiger partial charge in [-0.1, -0.05) is 24.3 Å². The summed E-state index contributed by atoms with van der Waals surface area (Å²) in [4.78, 5) is 43.2. The third kappa shape index (κ3) is 7.06. The maximum absolute atomic E-state index is 13.5. The second kappa shape index (κ2) is 13.2. The number of rotatable bonds is 10. The van der Waals surface area contributed by atoms with Crippen LogP contribution in [0.25, 0.3) is 0 Å². The number of carbonyl (C=O) groups is 3. The smallest absolute Gasteiger partial charge is 0.334 e. The van der Waals surface area contributed by atoms with Gasteiger partial charge in [-0.15, -0.1) is 0 Å². The predicted molar refractivity (Wildman–Crippen MR) is 143 cm³/mol. The summed E-state index contributed by atoms with van der Waals surface area (Å²) >= 11 is 1.58.